The van der Waals surface area contributed by atoms with Crippen LogP contribution in [0.4, 0.5) is 0 Å². The summed E-state index contributed by atoms with van der Waals surface area (Å²) in [5.41, 5.74) is 8.25. The summed E-state index contributed by atoms with van der Waals surface area (Å²) < 4.78 is 12.2. The van der Waals surface area contributed by atoms with Gasteiger partial charge in [0.1, 0.15) is 11.5 Å². The van der Waals surface area contributed by atoms with Gasteiger partial charge in [0.15, 0.2) is 0 Å². The van der Waals surface area contributed by atoms with Gasteiger partial charge in [-0.3, -0.25) is 4.79 Å². The number of unbranched alkanes of at least 4 members (excludes halogenated alkanes) is 1. The highest BCUT2D eigenvalue weighted by Gasteiger charge is 2.08. The molecule has 0 spiro atoms. The van der Waals surface area contributed by atoms with Gasteiger partial charge >= 0.3 is 0 Å². The summed E-state index contributed by atoms with van der Waals surface area (Å²) in [6.07, 6.45) is 3.44. The maximum absolute atomic E-state index is 11.2. The molecule has 0 heterocycles. The fourth-order valence-corrected chi connectivity index (χ4v) is 4.44. The zero-order chi connectivity index (χ0) is 24.5. The minimum Gasteiger partial charge on any atom is -0.494 e. The van der Waals surface area contributed by atoms with E-state index in [1.165, 1.54) is 32.7 Å². The lowest BCUT2D eigenvalue weighted by Gasteiger charge is -2.13. The van der Waals surface area contributed by atoms with Crippen LogP contribution in [0.2, 0.25) is 0 Å². The Morgan fingerprint density at radius 1 is 0.829 bits per heavy atom. The van der Waals surface area contributed by atoms with E-state index in [0.29, 0.717) is 26.3 Å². The molecule has 0 aliphatic heterocycles. The van der Waals surface area contributed by atoms with E-state index < -0.39 is 0 Å². The molecular weight excluding hydrogens is 436 g/mol. The first kappa shape index (κ1) is 24.6. The van der Waals surface area contributed by atoms with Crippen LogP contribution in [0.25, 0.3) is 21.5 Å². The number of nitrogens with two attached hydrogens (primary N) is 1. The second-order valence-electron chi connectivity index (χ2n) is 8.75. The smallest absolute Gasteiger partial charge is 0.216 e. The van der Waals surface area contributed by atoms with Crippen molar-refractivity contribution < 1.29 is 14.3 Å². The Morgan fingerprint density at radius 3 is 2.31 bits per heavy atom. The van der Waals surface area contributed by atoms with Gasteiger partial charge in [0.2, 0.25) is 5.91 Å². The summed E-state index contributed by atoms with van der Waals surface area (Å²) in [6, 6.07) is 25.0. The predicted molar refractivity (Wildman–Crippen MR) is 143 cm³/mol. The summed E-state index contributed by atoms with van der Waals surface area (Å²) in [4.78, 5) is 11.2. The summed E-state index contributed by atoms with van der Waals surface area (Å²) >= 11 is 0. The molecule has 0 saturated heterocycles. The van der Waals surface area contributed by atoms with Crippen molar-refractivity contribution in [3.8, 4) is 11.5 Å². The third kappa shape index (κ3) is 6.52. The second-order valence-corrected chi connectivity index (χ2v) is 8.75. The van der Waals surface area contributed by atoms with Gasteiger partial charge < -0.3 is 20.5 Å². The van der Waals surface area contributed by atoms with Crippen molar-refractivity contribution in [3.05, 3.63) is 83.9 Å². The van der Waals surface area contributed by atoms with Crippen LogP contribution < -0.4 is 20.5 Å². The van der Waals surface area contributed by atoms with Crippen LogP contribution in [0.5, 0.6) is 11.5 Å². The average molecular weight is 471 g/mol. The number of fused-ring (bicyclic) bond motifs is 2. The lowest BCUT2D eigenvalue weighted by Crippen LogP contribution is -2.22. The first-order valence-electron chi connectivity index (χ1n) is 12.4. The molecule has 1 amide bonds. The Labute approximate surface area is 207 Å². The van der Waals surface area contributed by atoms with Gasteiger partial charge in [0.05, 0.1) is 13.2 Å². The van der Waals surface area contributed by atoms with Crippen molar-refractivity contribution in [1.29, 1.82) is 0 Å². The fraction of sp³-hybridized carbons (Fsp3) is 0.300. The molecule has 0 aliphatic rings. The number of carbonyl (C=O) groups is 1. The van der Waals surface area contributed by atoms with E-state index in [1.54, 1.807) is 6.92 Å². The summed E-state index contributed by atoms with van der Waals surface area (Å²) in [5.74, 6) is 1.79. The Kier molecular flexibility index (Phi) is 8.58. The summed E-state index contributed by atoms with van der Waals surface area (Å²) in [6.45, 7) is 4.07. The summed E-state index contributed by atoms with van der Waals surface area (Å²) in [7, 11) is 0. The number of rotatable bonds is 12. The van der Waals surface area contributed by atoms with Crippen LogP contribution >= 0.6 is 0 Å². The quantitative estimate of drug-likeness (QED) is 0.272. The van der Waals surface area contributed by atoms with Crippen molar-refractivity contribution in [2.45, 2.75) is 32.6 Å². The van der Waals surface area contributed by atoms with E-state index in [9.17, 15) is 4.79 Å². The molecule has 0 saturated carbocycles. The SMILES string of the molecule is CC(=O)NCCc1cccc2ccc(OCCCCOc3cccc4cccc(CCN)c34)cc12. The summed E-state index contributed by atoms with van der Waals surface area (Å²) in [5, 5.41) is 7.57. The minimum atomic E-state index is -0.00492. The Morgan fingerprint density at radius 2 is 1.54 bits per heavy atom. The van der Waals surface area contributed by atoms with Crippen LogP contribution in [0, 0.1) is 0 Å². The predicted octanol–water partition coefficient (Wildman–Crippen LogP) is 5.41. The van der Waals surface area contributed by atoms with Crippen molar-refractivity contribution in [2.75, 3.05) is 26.3 Å². The third-order valence-corrected chi connectivity index (χ3v) is 6.14. The van der Waals surface area contributed by atoms with Crippen LogP contribution in [0.1, 0.15) is 30.9 Å². The molecule has 4 rings (SSSR count). The highest BCUT2D eigenvalue weighted by molar-refractivity contribution is 5.91. The van der Waals surface area contributed by atoms with Gasteiger partial charge in [0.25, 0.3) is 0 Å². The lowest BCUT2D eigenvalue weighted by atomic mass is 10.0. The van der Waals surface area contributed by atoms with Crippen molar-refractivity contribution in [1.82, 2.24) is 5.32 Å². The van der Waals surface area contributed by atoms with E-state index >= 15 is 0 Å². The van der Waals surface area contributed by atoms with Crippen molar-refractivity contribution in [2.24, 2.45) is 5.73 Å². The number of hydrogen-bond donors (Lipinski definition) is 2. The molecule has 0 radical (unpaired) electrons. The largest absolute Gasteiger partial charge is 0.494 e. The highest BCUT2D eigenvalue weighted by atomic mass is 16.5. The monoisotopic (exact) mass is 470 g/mol. The molecule has 0 bridgehead atoms. The Balaban J connectivity index is 1.29. The molecule has 0 aromatic heterocycles. The number of ether oxygens (including phenoxy) is 2. The third-order valence-electron chi connectivity index (χ3n) is 6.14. The van der Waals surface area contributed by atoms with E-state index in [1.807, 2.05) is 18.2 Å². The first-order chi connectivity index (χ1) is 17.2. The minimum absolute atomic E-state index is 0.00492. The number of amides is 1. The van der Waals surface area contributed by atoms with Gasteiger partial charge in [-0.15, -0.1) is 0 Å². The maximum Gasteiger partial charge on any atom is 0.216 e. The van der Waals surface area contributed by atoms with E-state index in [0.717, 1.165) is 37.2 Å². The number of hydrogen-bond acceptors (Lipinski definition) is 4. The molecule has 5 heteroatoms. The lowest BCUT2D eigenvalue weighted by molar-refractivity contribution is -0.118. The molecule has 5 nitrogen and oxygen atoms in total. The van der Waals surface area contributed by atoms with E-state index in [4.69, 9.17) is 15.2 Å². The van der Waals surface area contributed by atoms with Crippen molar-refractivity contribution >= 4 is 27.5 Å². The van der Waals surface area contributed by atoms with Crippen LogP contribution in [0.3, 0.4) is 0 Å². The molecule has 0 aliphatic carbocycles. The zero-order valence-corrected chi connectivity index (χ0v) is 20.4. The number of carbonyl (C=O) groups excluding carboxylic acids is 1. The zero-order valence-electron chi connectivity index (χ0n) is 20.4. The van der Waals surface area contributed by atoms with E-state index in [2.05, 4.69) is 59.9 Å². The molecule has 0 fully saturated rings. The van der Waals surface area contributed by atoms with E-state index in [-0.39, 0.29) is 5.91 Å². The highest BCUT2D eigenvalue weighted by Crippen LogP contribution is 2.29. The normalized spacial score (nSPS) is 11.0. The fourth-order valence-electron chi connectivity index (χ4n) is 4.44. The molecule has 182 valence electrons. The molecule has 3 N–H and O–H groups in total. The van der Waals surface area contributed by atoms with Gasteiger partial charge in [0, 0.05) is 18.9 Å². The van der Waals surface area contributed by atoms with Gasteiger partial charge in [-0.1, -0.05) is 54.6 Å². The van der Waals surface area contributed by atoms with Gasteiger partial charge in [-0.25, -0.2) is 0 Å². The van der Waals surface area contributed by atoms with Crippen molar-refractivity contribution in [3.63, 3.8) is 0 Å². The van der Waals surface area contributed by atoms with Gasteiger partial charge in [-0.05, 0) is 77.7 Å². The Hall–Kier alpha value is -3.57. The molecule has 4 aromatic carbocycles. The second kappa shape index (κ2) is 12.2. The number of nitrogens with one attached hydrogen (secondary N) is 1. The topological polar surface area (TPSA) is 73.6 Å². The standard InChI is InChI=1S/C30H34N2O3/c1-22(33)32-18-16-24-8-4-7-23-13-14-27(21-28(23)24)34-19-2-3-20-35-29-12-6-11-25-9-5-10-26(15-17-31)30(25)29/h4-14,21H,2-3,15-20,31H2,1H3,(H,32,33). The molecule has 35 heavy (non-hydrogen) atoms. The van der Waals surface area contributed by atoms with Crippen LogP contribution in [-0.4, -0.2) is 32.2 Å². The molecular formula is C30H34N2O3. The Bertz CT molecular complexity index is 1280. The van der Waals surface area contributed by atoms with Crippen LogP contribution in [0.15, 0.2) is 72.8 Å². The van der Waals surface area contributed by atoms with Crippen LogP contribution in [-0.2, 0) is 17.6 Å². The first-order valence-corrected chi connectivity index (χ1v) is 12.4. The van der Waals surface area contributed by atoms with Gasteiger partial charge in [-0.2, -0.15) is 0 Å². The molecule has 0 atom stereocenters. The molecule has 4 aromatic rings. The maximum atomic E-state index is 11.2. The number of benzene rings is 4. The molecule has 0 unspecified atom stereocenters. The average Bonchev–Trinajstić information content (AvgIpc) is 2.86.